The lowest BCUT2D eigenvalue weighted by Gasteiger charge is -2.12. The second-order valence-electron chi connectivity index (χ2n) is 3.38. The zero-order valence-electron chi connectivity index (χ0n) is 9.46. The summed E-state index contributed by atoms with van der Waals surface area (Å²) < 4.78 is 10.4. The Morgan fingerprint density at radius 1 is 1.33 bits per heavy atom. The van der Waals surface area contributed by atoms with E-state index in [0.717, 1.165) is 29.3 Å². The smallest absolute Gasteiger partial charge is 0.142 e. The van der Waals surface area contributed by atoms with Gasteiger partial charge in [-0.15, -0.1) is 0 Å². The molecule has 0 aromatic heterocycles. The van der Waals surface area contributed by atoms with Crippen molar-refractivity contribution in [3.8, 4) is 11.5 Å². The predicted molar refractivity (Wildman–Crippen MR) is 62.8 cm³/mol. The summed E-state index contributed by atoms with van der Waals surface area (Å²) >= 11 is 0. The maximum atomic E-state index is 5.23. The molecule has 3 heteroatoms. The lowest BCUT2D eigenvalue weighted by Crippen LogP contribution is -2.03. The van der Waals surface area contributed by atoms with Crippen molar-refractivity contribution in [1.82, 2.24) is 0 Å². The van der Waals surface area contributed by atoms with Crippen LogP contribution in [-0.4, -0.2) is 20.8 Å². The van der Waals surface area contributed by atoms with Crippen LogP contribution >= 0.6 is 0 Å². The van der Waals surface area contributed by atoms with Gasteiger partial charge in [-0.1, -0.05) is 12.2 Å². The molecule has 0 saturated heterocycles. The summed E-state index contributed by atoms with van der Waals surface area (Å²) in [4.78, 5) is 0. The molecule has 0 amide bonds. The highest BCUT2D eigenvalue weighted by molar-refractivity contribution is 5.60. The molecule has 1 N–H and O–H groups in total. The van der Waals surface area contributed by atoms with Crippen molar-refractivity contribution >= 4 is 5.69 Å². The average molecular weight is 207 g/mol. The average Bonchev–Trinajstić information content (AvgIpc) is 2.25. The molecule has 0 unspecified atom stereocenters. The number of nitrogens with one attached hydrogen (secondary N) is 1. The molecule has 0 aliphatic rings. The molecule has 0 atom stereocenters. The van der Waals surface area contributed by atoms with E-state index in [4.69, 9.17) is 9.47 Å². The van der Waals surface area contributed by atoms with Crippen LogP contribution in [0.5, 0.6) is 11.5 Å². The summed E-state index contributed by atoms with van der Waals surface area (Å²) in [5.74, 6) is 1.61. The molecular weight excluding hydrogens is 190 g/mol. The van der Waals surface area contributed by atoms with Crippen molar-refractivity contribution in [3.05, 3.63) is 30.4 Å². The van der Waals surface area contributed by atoms with Crippen molar-refractivity contribution in [2.75, 3.05) is 26.1 Å². The highest BCUT2D eigenvalue weighted by Crippen LogP contribution is 2.28. The van der Waals surface area contributed by atoms with Gasteiger partial charge < -0.3 is 14.8 Å². The number of benzene rings is 1. The van der Waals surface area contributed by atoms with Crippen molar-refractivity contribution in [1.29, 1.82) is 0 Å². The normalized spacial score (nSPS) is 9.53. The summed E-state index contributed by atoms with van der Waals surface area (Å²) in [5, 5.41) is 3.23. The molecule has 0 saturated carbocycles. The van der Waals surface area contributed by atoms with Gasteiger partial charge in [-0.25, -0.2) is 0 Å². The van der Waals surface area contributed by atoms with Crippen molar-refractivity contribution < 1.29 is 9.47 Å². The van der Waals surface area contributed by atoms with Crippen molar-refractivity contribution in [2.24, 2.45) is 0 Å². The first-order chi connectivity index (χ1) is 7.17. The highest BCUT2D eigenvalue weighted by Gasteiger charge is 2.03. The third-order valence-electron chi connectivity index (χ3n) is 1.99. The molecule has 1 rings (SSSR count). The number of hydrogen-bond donors (Lipinski definition) is 1. The van der Waals surface area contributed by atoms with Gasteiger partial charge in [-0.2, -0.15) is 0 Å². The van der Waals surface area contributed by atoms with Gasteiger partial charge in [0.15, 0.2) is 0 Å². The molecule has 0 bridgehead atoms. The monoisotopic (exact) mass is 207 g/mol. The quantitative estimate of drug-likeness (QED) is 0.753. The number of hydrogen-bond acceptors (Lipinski definition) is 3. The molecule has 3 nitrogen and oxygen atoms in total. The molecule has 0 heterocycles. The third-order valence-corrected chi connectivity index (χ3v) is 1.99. The number of rotatable bonds is 5. The van der Waals surface area contributed by atoms with Gasteiger partial charge >= 0.3 is 0 Å². The maximum Gasteiger partial charge on any atom is 0.142 e. The summed E-state index contributed by atoms with van der Waals surface area (Å²) in [6.07, 6.45) is 0. The fourth-order valence-electron chi connectivity index (χ4n) is 1.20. The molecule has 1 aromatic rings. The molecule has 1 aromatic carbocycles. The minimum atomic E-state index is 0.726. The molecule has 0 radical (unpaired) electrons. The first-order valence-electron chi connectivity index (χ1n) is 4.77. The van der Waals surface area contributed by atoms with E-state index in [0.29, 0.717) is 0 Å². The number of anilines is 1. The van der Waals surface area contributed by atoms with Crippen LogP contribution < -0.4 is 14.8 Å². The van der Waals surface area contributed by atoms with Gasteiger partial charge in [0.05, 0.1) is 19.9 Å². The van der Waals surface area contributed by atoms with Crippen LogP contribution in [0, 0.1) is 0 Å². The molecule has 0 fully saturated rings. The lowest BCUT2D eigenvalue weighted by molar-refractivity contribution is 0.404. The van der Waals surface area contributed by atoms with E-state index in [-0.39, 0.29) is 0 Å². The largest absolute Gasteiger partial charge is 0.497 e. The van der Waals surface area contributed by atoms with Gasteiger partial charge in [-0.3, -0.25) is 0 Å². The zero-order valence-corrected chi connectivity index (χ0v) is 9.46. The first-order valence-corrected chi connectivity index (χ1v) is 4.77. The van der Waals surface area contributed by atoms with Gasteiger partial charge in [0.25, 0.3) is 0 Å². The Morgan fingerprint density at radius 3 is 2.60 bits per heavy atom. The van der Waals surface area contributed by atoms with Gasteiger partial charge in [0, 0.05) is 12.6 Å². The Balaban J connectivity index is 2.85. The molecule has 0 aliphatic heterocycles. The molecular formula is C12H17NO2. The Hall–Kier alpha value is -1.64. The Bertz CT molecular complexity index is 347. The minimum absolute atomic E-state index is 0.726. The van der Waals surface area contributed by atoms with Crippen LogP contribution in [0.3, 0.4) is 0 Å². The molecule has 0 spiro atoms. The fraction of sp³-hybridized carbons (Fsp3) is 0.333. The summed E-state index contributed by atoms with van der Waals surface area (Å²) in [7, 11) is 3.29. The number of ether oxygens (including phenoxy) is 2. The van der Waals surface area contributed by atoms with E-state index in [2.05, 4.69) is 11.9 Å². The van der Waals surface area contributed by atoms with E-state index < -0.39 is 0 Å². The predicted octanol–water partition coefficient (Wildman–Crippen LogP) is 2.69. The van der Waals surface area contributed by atoms with Gasteiger partial charge in [-0.05, 0) is 19.1 Å². The van der Waals surface area contributed by atoms with E-state index in [1.807, 2.05) is 25.1 Å². The van der Waals surface area contributed by atoms with Crippen LogP contribution in [0.2, 0.25) is 0 Å². The standard InChI is InChI=1S/C12H17NO2/c1-9(2)8-13-11-7-10(14-3)5-6-12(11)15-4/h5-7,13H,1,8H2,2-4H3. The Labute approximate surface area is 90.7 Å². The maximum absolute atomic E-state index is 5.23. The third kappa shape index (κ3) is 3.20. The zero-order chi connectivity index (χ0) is 11.3. The number of methoxy groups -OCH3 is 2. The topological polar surface area (TPSA) is 30.5 Å². The first kappa shape index (κ1) is 11.4. The van der Waals surface area contributed by atoms with Crippen LogP contribution in [-0.2, 0) is 0 Å². The van der Waals surface area contributed by atoms with Crippen molar-refractivity contribution in [3.63, 3.8) is 0 Å². The second kappa shape index (κ2) is 5.29. The summed E-state index contributed by atoms with van der Waals surface area (Å²) in [6.45, 7) is 6.53. The van der Waals surface area contributed by atoms with E-state index >= 15 is 0 Å². The lowest BCUT2D eigenvalue weighted by atomic mass is 10.2. The fourth-order valence-corrected chi connectivity index (χ4v) is 1.20. The minimum Gasteiger partial charge on any atom is -0.497 e. The molecule has 15 heavy (non-hydrogen) atoms. The van der Waals surface area contributed by atoms with Crippen LogP contribution in [0.15, 0.2) is 30.4 Å². The molecule has 0 aliphatic carbocycles. The summed E-state index contributed by atoms with van der Waals surface area (Å²) in [6, 6.07) is 5.64. The Kier molecular flexibility index (Phi) is 4.03. The van der Waals surface area contributed by atoms with Crippen LogP contribution in [0.4, 0.5) is 5.69 Å². The van der Waals surface area contributed by atoms with Crippen LogP contribution in [0.1, 0.15) is 6.92 Å². The van der Waals surface area contributed by atoms with E-state index in [1.54, 1.807) is 14.2 Å². The van der Waals surface area contributed by atoms with E-state index in [9.17, 15) is 0 Å². The second-order valence-corrected chi connectivity index (χ2v) is 3.38. The highest BCUT2D eigenvalue weighted by atomic mass is 16.5. The molecule has 82 valence electrons. The van der Waals surface area contributed by atoms with Crippen LogP contribution in [0.25, 0.3) is 0 Å². The van der Waals surface area contributed by atoms with Gasteiger partial charge in [0.2, 0.25) is 0 Å². The van der Waals surface area contributed by atoms with E-state index in [1.165, 1.54) is 0 Å². The SMILES string of the molecule is C=C(C)CNc1cc(OC)ccc1OC. The Morgan fingerprint density at radius 2 is 2.07 bits per heavy atom. The van der Waals surface area contributed by atoms with Crippen molar-refractivity contribution in [2.45, 2.75) is 6.92 Å². The summed E-state index contributed by atoms with van der Waals surface area (Å²) in [5.41, 5.74) is 1.99. The van der Waals surface area contributed by atoms with Gasteiger partial charge in [0.1, 0.15) is 11.5 Å².